The fourth-order valence-electron chi connectivity index (χ4n) is 2.45. The maximum Gasteiger partial charge on any atom is 0.332 e. The molecule has 0 radical (unpaired) electrons. The van der Waals surface area contributed by atoms with E-state index in [0.29, 0.717) is 0 Å². The molecule has 1 atom stereocenters. The van der Waals surface area contributed by atoms with Crippen LogP contribution in [0.4, 0.5) is 0 Å². The molecular weight excluding hydrogens is 406 g/mol. The molecule has 0 spiro atoms. The minimum atomic E-state index is -0.792. The first-order valence-corrected chi connectivity index (χ1v) is 9.05. The van der Waals surface area contributed by atoms with Gasteiger partial charge in [0.2, 0.25) is 0 Å². The summed E-state index contributed by atoms with van der Waals surface area (Å²) in [6.45, 7) is 1.52. The van der Waals surface area contributed by atoms with Crippen LogP contribution in [0.15, 0.2) is 71.3 Å². The number of benzene rings is 2. The average molecular weight is 422 g/mol. The van der Waals surface area contributed by atoms with E-state index in [0.717, 1.165) is 27.0 Å². The van der Waals surface area contributed by atoms with E-state index in [4.69, 9.17) is 10.00 Å². The van der Waals surface area contributed by atoms with Crippen LogP contribution in [0.1, 0.15) is 12.5 Å². The second-order valence-electron chi connectivity index (χ2n) is 5.76. The predicted octanol–water partition coefficient (Wildman–Crippen LogP) is 4.77. The second-order valence-corrected chi connectivity index (χ2v) is 6.68. The number of nitrogens with zero attached hydrogens (tertiary/aromatic N) is 3. The number of hydrogen-bond donors (Lipinski definition) is 0. The molecule has 0 aliphatic heterocycles. The zero-order valence-corrected chi connectivity index (χ0v) is 16.1. The SMILES string of the molecule is CC(C#N)OC(=O)/C=C/c1cn(-c2ccccc2)nc1-c1ccc(Br)cc1. The molecule has 134 valence electrons. The molecule has 1 unspecified atom stereocenters. The van der Waals surface area contributed by atoms with Crippen molar-refractivity contribution in [1.29, 1.82) is 5.26 Å². The number of para-hydroxylation sites is 1. The summed E-state index contributed by atoms with van der Waals surface area (Å²) in [5.74, 6) is -0.571. The van der Waals surface area contributed by atoms with Crippen molar-refractivity contribution >= 4 is 28.0 Å². The zero-order valence-electron chi connectivity index (χ0n) is 14.5. The fraction of sp³-hybridized carbons (Fsp3) is 0.0952. The number of ether oxygens (including phenoxy) is 1. The molecule has 1 aromatic heterocycles. The van der Waals surface area contributed by atoms with Gasteiger partial charge in [0.05, 0.1) is 11.4 Å². The number of aromatic nitrogens is 2. The van der Waals surface area contributed by atoms with E-state index in [-0.39, 0.29) is 0 Å². The summed E-state index contributed by atoms with van der Waals surface area (Å²) < 4.78 is 7.69. The van der Waals surface area contributed by atoms with Gasteiger partial charge in [-0.3, -0.25) is 0 Å². The van der Waals surface area contributed by atoms with Crippen molar-refractivity contribution in [2.75, 3.05) is 0 Å². The van der Waals surface area contributed by atoms with Gasteiger partial charge in [-0.1, -0.05) is 46.3 Å². The van der Waals surface area contributed by atoms with E-state index in [2.05, 4.69) is 21.0 Å². The number of halogens is 1. The highest BCUT2D eigenvalue weighted by atomic mass is 79.9. The molecule has 0 aliphatic carbocycles. The first kappa shape index (κ1) is 18.6. The van der Waals surface area contributed by atoms with Crippen molar-refractivity contribution in [2.45, 2.75) is 13.0 Å². The van der Waals surface area contributed by atoms with Crippen LogP contribution in [0, 0.1) is 11.3 Å². The van der Waals surface area contributed by atoms with Gasteiger partial charge in [-0.25, -0.2) is 9.48 Å². The first-order valence-electron chi connectivity index (χ1n) is 8.26. The first-order chi connectivity index (χ1) is 13.1. The third-order valence-corrected chi connectivity index (χ3v) is 4.28. The van der Waals surface area contributed by atoms with Crippen LogP contribution in [0.2, 0.25) is 0 Å². The van der Waals surface area contributed by atoms with Crippen LogP contribution in [-0.4, -0.2) is 21.9 Å². The smallest absolute Gasteiger partial charge is 0.332 e. The van der Waals surface area contributed by atoms with Gasteiger partial charge >= 0.3 is 5.97 Å². The average Bonchev–Trinajstić information content (AvgIpc) is 3.12. The van der Waals surface area contributed by atoms with E-state index in [1.165, 1.54) is 13.0 Å². The molecule has 0 bridgehead atoms. The third kappa shape index (κ3) is 4.72. The van der Waals surface area contributed by atoms with Crippen molar-refractivity contribution in [3.05, 3.63) is 76.9 Å². The Balaban J connectivity index is 1.98. The molecular formula is C21H16BrN3O2. The number of hydrogen-bond acceptors (Lipinski definition) is 4. The van der Waals surface area contributed by atoms with Crippen LogP contribution in [0.25, 0.3) is 23.0 Å². The highest BCUT2D eigenvalue weighted by Gasteiger charge is 2.12. The lowest BCUT2D eigenvalue weighted by Crippen LogP contribution is -2.10. The lowest BCUT2D eigenvalue weighted by molar-refractivity contribution is -0.139. The van der Waals surface area contributed by atoms with Crippen molar-refractivity contribution in [1.82, 2.24) is 9.78 Å². The topological polar surface area (TPSA) is 67.9 Å². The Bertz CT molecular complexity index is 1000. The maximum atomic E-state index is 11.9. The van der Waals surface area contributed by atoms with E-state index in [1.807, 2.05) is 66.9 Å². The standard InChI is InChI=1S/C21H16BrN3O2/c1-15(13-23)27-20(26)12-9-17-14-25(19-5-3-2-4-6-19)24-21(17)16-7-10-18(22)11-8-16/h2-12,14-15H,1H3/b12-9+. The van der Waals surface area contributed by atoms with E-state index < -0.39 is 12.1 Å². The van der Waals surface area contributed by atoms with Gasteiger partial charge in [0.1, 0.15) is 6.07 Å². The second kappa shape index (κ2) is 8.47. The van der Waals surface area contributed by atoms with Crippen LogP contribution < -0.4 is 0 Å². The molecule has 5 nitrogen and oxygen atoms in total. The zero-order chi connectivity index (χ0) is 19.2. The summed E-state index contributed by atoms with van der Waals surface area (Å²) in [5.41, 5.74) is 3.34. The fourth-order valence-corrected chi connectivity index (χ4v) is 2.72. The Morgan fingerprint density at radius 2 is 1.93 bits per heavy atom. The summed E-state index contributed by atoms with van der Waals surface area (Å²) in [6.07, 6.45) is 4.02. The molecule has 0 fully saturated rings. The van der Waals surface area contributed by atoms with Crippen LogP contribution in [-0.2, 0) is 9.53 Å². The lowest BCUT2D eigenvalue weighted by atomic mass is 10.1. The predicted molar refractivity (Wildman–Crippen MR) is 107 cm³/mol. The molecule has 6 heteroatoms. The van der Waals surface area contributed by atoms with Crippen molar-refractivity contribution in [3.63, 3.8) is 0 Å². The summed E-state index contributed by atoms with van der Waals surface area (Å²) in [6, 6.07) is 19.4. The Hall–Kier alpha value is -3.17. The number of esters is 1. The number of carbonyl (C=O) groups excluding carboxylic acids is 1. The van der Waals surface area contributed by atoms with Crippen molar-refractivity contribution < 1.29 is 9.53 Å². The maximum absolute atomic E-state index is 11.9. The molecule has 3 aromatic rings. The molecule has 3 rings (SSSR count). The van der Waals surface area contributed by atoms with Gasteiger partial charge < -0.3 is 4.74 Å². The Morgan fingerprint density at radius 3 is 2.59 bits per heavy atom. The minimum Gasteiger partial charge on any atom is -0.444 e. The Labute approximate surface area is 165 Å². The molecule has 0 aliphatic rings. The molecule has 0 amide bonds. The van der Waals surface area contributed by atoms with Crippen LogP contribution >= 0.6 is 15.9 Å². The molecule has 27 heavy (non-hydrogen) atoms. The molecule has 0 saturated heterocycles. The summed E-state index contributed by atoms with van der Waals surface area (Å²) in [7, 11) is 0. The van der Waals surface area contributed by atoms with E-state index >= 15 is 0 Å². The van der Waals surface area contributed by atoms with Crippen LogP contribution in [0.3, 0.4) is 0 Å². The summed E-state index contributed by atoms with van der Waals surface area (Å²) in [4.78, 5) is 11.9. The molecule has 1 heterocycles. The molecule has 0 N–H and O–H groups in total. The normalized spacial score (nSPS) is 11.9. The van der Waals surface area contributed by atoms with Gasteiger partial charge in [-0.05, 0) is 37.3 Å². The van der Waals surface area contributed by atoms with Gasteiger partial charge in [0.15, 0.2) is 6.10 Å². The monoisotopic (exact) mass is 421 g/mol. The van der Waals surface area contributed by atoms with Gasteiger partial charge in [0.25, 0.3) is 0 Å². The third-order valence-electron chi connectivity index (χ3n) is 3.75. The van der Waals surface area contributed by atoms with Gasteiger partial charge in [-0.15, -0.1) is 0 Å². The number of nitriles is 1. The molecule has 0 saturated carbocycles. The van der Waals surface area contributed by atoms with Crippen molar-refractivity contribution in [2.24, 2.45) is 0 Å². The highest BCUT2D eigenvalue weighted by molar-refractivity contribution is 9.10. The highest BCUT2D eigenvalue weighted by Crippen LogP contribution is 2.26. The van der Waals surface area contributed by atoms with Gasteiger partial charge in [-0.2, -0.15) is 10.4 Å². The summed E-state index contributed by atoms with van der Waals surface area (Å²) in [5, 5.41) is 13.4. The largest absolute Gasteiger partial charge is 0.444 e. The van der Waals surface area contributed by atoms with E-state index in [1.54, 1.807) is 10.8 Å². The minimum absolute atomic E-state index is 0.571. The van der Waals surface area contributed by atoms with E-state index in [9.17, 15) is 4.79 Å². The number of rotatable bonds is 5. The van der Waals surface area contributed by atoms with Crippen molar-refractivity contribution in [3.8, 4) is 23.0 Å². The van der Waals surface area contributed by atoms with Crippen LogP contribution in [0.5, 0.6) is 0 Å². The van der Waals surface area contributed by atoms with Gasteiger partial charge in [0, 0.05) is 27.9 Å². The lowest BCUT2D eigenvalue weighted by Gasteiger charge is -2.02. The summed E-state index contributed by atoms with van der Waals surface area (Å²) >= 11 is 3.43. The number of carbonyl (C=O) groups is 1. The quantitative estimate of drug-likeness (QED) is 0.439. The Morgan fingerprint density at radius 1 is 1.22 bits per heavy atom. The Kier molecular flexibility index (Phi) is 5.84. The molecule has 2 aromatic carbocycles.